The number of amides is 1. The van der Waals surface area contributed by atoms with Crippen LogP contribution in [0.15, 0.2) is 27.5 Å². The third-order valence-electron chi connectivity index (χ3n) is 4.35. The molecule has 1 aliphatic rings. The van der Waals surface area contributed by atoms with Crippen LogP contribution in [0.3, 0.4) is 0 Å². The zero-order chi connectivity index (χ0) is 18.1. The number of halogens is 3. The van der Waals surface area contributed by atoms with E-state index in [4.69, 9.17) is 9.26 Å². The number of rotatable bonds is 2. The molecular formula is C16H15F3N2O4. The van der Waals surface area contributed by atoms with Gasteiger partial charge in [-0.3, -0.25) is 4.79 Å². The molecule has 0 unspecified atom stereocenters. The van der Waals surface area contributed by atoms with Gasteiger partial charge in [0.15, 0.2) is 17.5 Å². The second-order valence-electron chi connectivity index (χ2n) is 5.81. The Kier molecular flexibility index (Phi) is 4.56. The van der Waals surface area contributed by atoms with Crippen LogP contribution >= 0.6 is 0 Å². The van der Waals surface area contributed by atoms with E-state index in [0.717, 1.165) is 12.1 Å². The van der Waals surface area contributed by atoms with Gasteiger partial charge in [-0.05, 0) is 30.5 Å². The molecule has 0 aliphatic carbocycles. The molecule has 3 rings (SSSR count). The van der Waals surface area contributed by atoms with Crippen LogP contribution in [0.1, 0.15) is 36.1 Å². The first-order valence-electron chi connectivity index (χ1n) is 7.58. The molecule has 1 aromatic carbocycles. The van der Waals surface area contributed by atoms with E-state index in [9.17, 15) is 22.8 Å². The summed E-state index contributed by atoms with van der Waals surface area (Å²) >= 11 is 0. The Morgan fingerprint density at radius 3 is 2.52 bits per heavy atom. The predicted molar refractivity (Wildman–Crippen MR) is 79.5 cm³/mol. The van der Waals surface area contributed by atoms with E-state index in [2.05, 4.69) is 5.16 Å². The van der Waals surface area contributed by atoms with E-state index in [1.54, 1.807) is 0 Å². The first-order valence-corrected chi connectivity index (χ1v) is 7.58. The van der Waals surface area contributed by atoms with Crippen LogP contribution in [0.4, 0.5) is 18.0 Å². The van der Waals surface area contributed by atoms with Gasteiger partial charge in [0.25, 0.3) is 5.56 Å². The molecule has 0 saturated carbocycles. The van der Waals surface area contributed by atoms with Crippen LogP contribution in [0.5, 0.6) is 0 Å². The van der Waals surface area contributed by atoms with Gasteiger partial charge in [0.1, 0.15) is 5.76 Å². The molecule has 2 atom stereocenters. The van der Waals surface area contributed by atoms with E-state index in [-0.39, 0.29) is 24.4 Å². The number of benzene rings is 1. The fourth-order valence-electron chi connectivity index (χ4n) is 3.14. The molecule has 6 nitrogen and oxygen atoms in total. The van der Waals surface area contributed by atoms with E-state index < -0.39 is 35.1 Å². The number of aromatic amines is 1. The van der Waals surface area contributed by atoms with Crippen molar-refractivity contribution in [1.29, 1.82) is 0 Å². The molecule has 2 aromatic rings. The molecule has 134 valence electrons. The number of carbonyl (C=O) groups excluding carboxylic acids is 1. The standard InChI is InChI=1S/C16H15F3N2O4/c1-24-16(23)21-3-2-8(13-7-14(22)20-25-13)6-12(21)9-4-10(17)15(19)11(18)5-9/h4-5,7-8,12H,2-3,6H2,1H3,(H,20,22)/t8-,12-/m0/s1. The van der Waals surface area contributed by atoms with Crippen molar-refractivity contribution >= 4 is 6.09 Å². The van der Waals surface area contributed by atoms with Gasteiger partial charge in [-0.25, -0.2) is 18.0 Å². The Morgan fingerprint density at radius 1 is 1.28 bits per heavy atom. The summed E-state index contributed by atoms with van der Waals surface area (Å²) in [5.74, 6) is -4.11. The molecule has 0 spiro atoms. The number of aromatic nitrogens is 1. The van der Waals surface area contributed by atoms with Crippen LogP contribution in [-0.4, -0.2) is 29.8 Å². The number of piperidine rings is 1. The summed E-state index contributed by atoms with van der Waals surface area (Å²) in [6.45, 7) is 0.220. The minimum Gasteiger partial charge on any atom is -0.453 e. The molecule has 1 aromatic heterocycles. The van der Waals surface area contributed by atoms with Gasteiger partial charge >= 0.3 is 6.09 Å². The number of nitrogens with zero attached hydrogens (tertiary/aromatic N) is 1. The minimum absolute atomic E-state index is 0.101. The number of carbonyl (C=O) groups is 1. The molecule has 2 heterocycles. The zero-order valence-corrected chi connectivity index (χ0v) is 13.2. The van der Waals surface area contributed by atoms with Gasteiger partial charge in [0.05, 0.1) is 13.2 Å². The molecule has 1 amide bonds. The van der Waals surface area contributed by atoms with Crippen LogP contribution in [0.25, 0.3) is 0 Å². The Hall–Kier alpha value is -2.71. The van der Waals surface area contributed by atoms with Crippen molar-refractivity contribution in [3.63, 3.8) is 0 Å². The summed E-state index contributed by atoms with van der Waals surface area (Å²) in [5, 5.41) is 2.19. The number of likely N-dealkylation sites (tertiary alicyclic amines) is 1. The summed E-state index contributed by atoms with van der Waals surface area (Å²) in [5.41, 5.74) is -0.301. The Balaban J connectivity index is 1.97. The Labute approximate surface area is 140 Å². The summed E-state index contributed by atoms with van der Waals surface area (Å²) < 4.78 is 50.3. The average molecular weight is 356 g/mol. The molecule has 0 radical (unpaired) electrons. The number of nitrogens with one attached hydrogen (secondary N) is 1. The quantitative estimate of drug-likeness (QED) is 0.839. The number of hydrogen-bond acceptors (Lipinski definition) is 4. The molecule has 0 bridgehead atoms. The van der Waals surface area contributed by atoms with E-state index in [1.165, 1.54) is 18.1 Å². The highest BCUT2D eigenvalue weighted by atomic mass is 19.2. The SMILES string of the molecule is COC(=O)N1CC[C@H](c2cc(=O)[nH]o2)C[C@H]1c1cc(F)c(F)c(F)c1. The lowest BCUT2D eigenvalue weighted by Crippen LogP contribution is -2.40. The van der Waals surface area contributed by atoms with Gasteiger partial charge in [0.2, 0.25) is 0 Å². The average Bonchev–Trinajstić information content (AvgIpc) is 3.04. The van der Waals surface area contributed by atoms with Gasteiger partial charge in [0, 0.05) is 18.5 Å². The largest absolute Gasteiger partial charge is 0.453 e. The molecule has 1 N–H and O–H groups in total. The van der Waals surface area contributed by atoms with Crippen molar-refractivity contribution < 1.29 is 27.2 Å². The normalized spacial score (nSPS) is 20.6. The van der Waals surface area contributed by atoms with Gasteiger partial charge < -0.3 is 14.2 Å². The molecule has 1 fully saturated rings. The monoisotopic (exact) mass is 356 g/mol. The highest BCUT2D eigenvalue weighted by Crippen LogP contribution is 2.39. The summed E-state index contributed by atoms with van der Waals surface area (Å²) in [7, 11) is 1.20. The Bertz CT molecular complexity index is 825. The smallest absolute Gasteiger partial charge is 0.409 e. The number of ether oxygens (including phenoxy) is 1. The summed E-state index contributed by atoms with van der Waals surface area (Å²) in [4.78, 5) is 24.6. The van der Waals surface area contributed by atoms with Gasteiger partial charge in [-0.15, -0.1) is 0 Å². The first kappa shape index (κ1) is 17.1. The van der Waals surface area contributed by atoms with Crippen molar-refractivity contribution in [3.05, 3.63) is 57.3 Å². The third kappa shape index (κ3) is 3.26. The third-order valence-corrected chi connectivity index (χ3v) is 4.35. The maximum atomic E-state index is 13.6. The topological polar surface area (TPSA) is 75.5 Å². The molecule has 25 heavy (non-hydrogen) atoms. The van der Waals surface area contributed by atoms with Crippen LogP contribution < -0.4 is 5.56 Å². The minimum atomic E-state index is -1.57. The lowest BCUT2D eigenvalue weighted by atomic mass is 9.85. The van der Waals surface area contributed by atoms with E-state index in [0.29, 0.717) is 12.2 Å². The highest BCUT2D eigenvalue weighted by molar-refractivity contribution is 5.68. The second kappa shape index (κ2) is 6.66. The number of H-pyrrole nitrogens is 1. The summed E-state index contributed by atoms with van der Waals surface area (Å²) in [6.07, 6.45) is 0.0444. The van der Waals surface area contributed by atoms with Crippen LogP contribution in [-0.2, 0) is 4.74 Å². The van der Waals surface area contributed by atoms with Crippen LogP contribution in [0, 0.1) is 17.5 Å². The van der Waals surface area contributed by atoms with Crippen molar-refractivity contribution in [2.24, 2.45) is 0 Å². The fraction of sp³-hybridized carbons (Fsp3) is 0.375. The van der Waals surface area contributed by atoms with Crippen LogP contribution in [0.2, 0.25) is 0 Å². The predicted octanol–water partition coefficient (Wildman–Crippen LogP) is 3.07. The van der Waals surface area contributed by atoms with Crippen molar-refractivity contribution in [2.75, 3.05) is 13.7 Å². The van der Waals surface area contributed by atoms with E-state index >= 15 is 0 Å². The number of methoxy groups -OCH3 is 1. The fourth-order valence-corrected chi connectivity index (χ4v) is 3.14. The van der Waals surface area contributed by atoms with Gasteiger partial charge in [-0.2, -0.15) is 5.16 Å². The molecule has 1 aliphatic heterocycles. The molecular weight excluding hydrogens is 341 g/mol. The van der Waals surface area contributed by atoms with Crippen molar-refractivity contribution in [3.8, 4) is 0 Å². The van der Waals surface area contributed by atoms with E-state index in [1.807, 2.05) is 0 Å². The Morgan fingerprint density at radius 2 is 1.96 bits per heavy atom. The highest BCUT2D eigenvalue weighted by Gasteiger charge is 2.36. The van der Waals surface area contributed by atoms with Crippen molar-refractivity contribution in [1.82, 2.24) is 10.1 Å². The van der Waals surface area contributed by atoms with Crippen molar-refractivity contribution in [2.45, 2.75) is 24.8 Å². The maximum Gasteiger partial charge on any atom is 0.409 e. The molecule has 9 heteroatoms. The number of hydrogen-bond donors (Lipinski definition) is 1. The zero-order valence-electron chi connectivity index (χ0n) is 13.2. The van der Waals surface area contributed by atoms with Gasteiger partial charge in [-0.1, -0.05) is 0 Å². The lowest BCUT2D eigenvalue weighted by molar-refractivity contribution is 0.0812. The maximum absolute atomic E-state index is 13.6. The summed E-state index contributed by atoms with van der Waals surface area (Å²) in [6, 6.07) is 2.25. The first-order chi connectivity index (χ1) is 11.9. The second-order valence-corrected chi connectivity index (χ2v) is 5.81. The lowest BCUT2D eigenvalue weighted by Gasteiger charge is -2.38. The molecule has 1 saturated heterocycles.